The molecule has 0 N–H and O–H groups in total. The number of aryl methyl sites for hydroxylation is 1. The first-order valence-electron chi connectivity index (χ1n) is 7.17. The van der Waals surface area contributed by atoms with E-state index in [9.17, 15) is 4.39 Å². The number of halogens is 1. The van der Waals surface area contributed by atoms with Gasteiger partial charge in [0.05, 0.1) is 11.3 Å². The zero-order chi connectivity index (χ0) is 13.9. The molecule has 2 aromatic rings. The van der Waals surface area contributed by atoms with E-state index in [1.165, 1.54) is 25.3 Å². The molecule has 0 atom stereocenters. The molecule has 1 aliphatic rings. The molecule has 0 saturated carbocycles. The summed E-state index contributed by atoms with van der Waals surface area (Å²) in [5.74, 6) is 0.875. The van der Waals surface area contributed by atoms with Crippen LogP contribution in [0.4, 0.5) is 4.39 Å². The van der Waals surface area contributed by atoms with Crippen LogP contribution in [0, 0.1) is 12.7 Å². The van der Waals surface area contributed by atoms with E-state index in [1.807, 2.05) is 6.92 Å². The summed E-state index contributed by atoms with van der Waals surface area (Å²) in [6, 6.07) is 6.59. The van der Waals surface area contributed by atoms with Crippen molar-refractivity contribution in [3.63, 3.8) is 0 Å². The standard InChI is InChI=1S/C16H19FN2O/c1-12-15(11-19-9-5-2-6-10-19)18-16(20-12)13-7-3-4-8-14(13)17/h3-4,7-8H,2,5-6,9-11H2,1H3. The molecule has 1 fully saturated rings. The fourth-order valence-electron chi connectivity index (χ4n) is 2.65. The van der Waals surface area contributed by atoms with E-state index in [0.717, 1.165) is 31.1 Å². The Morgan fingerprint density at radius 1 is 1.20 bits per heavy atom. The lowest BCUT2D eigenvalue weighted by molar-refractivity contribution is 0.218. The molecule has 3 rings (SSSR count). The predicted molar refractivity (Wildman–Crippen MR) is 75.8 cm³/mol. The number of hydrogen-bond donors (Lipinski definition) is 0. The highest BCUT2D eigenvalue weighted by atomic mass is 19.1. The highest BCUT2D eigenvalue weighted by Gasteiger charge is 2.17. The van der Waals surface area contributed by atoms with E-state index in [0.29, 0.717) is 11.5 Å². The van der Waals surface area contributed by atoms with E-state index in [-0.39, 0.29) is 5.82 Å². The van der Waals surface area contributed by atoms with E-state index in [4.69, 9.17) is 4.42 Å². The maximum Gasteiger partial charge on any atom is 0.229 e. The molecule has 1 aromatic heterocycles. The van der Waals surface area contributed by atoms with Crippen molar-refractivity contribution in [3.05, 3.63) is 41.5 Å². The fraction of sp³-hybridized carbons (Fsp3) is 0.438. The average molecular weight is 274 g/mol. The zero-order valence-electron chi connectivity index (χ0n) is 11.7. The highest BCUT2D eigenvalue weighted by molar-refractivity contribution is 5.54. The second kappa shape index (κ2) is 5.75. The third-order valence-electron chi connectivity index (χ3n) is 3.82. The minimum Gasteiger partial charge on any atom is -0.441 e. The second-order valence-corrected chi connectivity index (χ2v) is 5.34. The van der Waals surface area contributed by atoms with Gasteiger partial charge in [-0.05, 0) is 45.0 Å². The van der Waals surface area contributed by atoms with Crippen molar-refractivity contribution in [2.75, 3.05) is 13.1 Å². The van der Waals surface area contributed by atoms with E-state index in [1.54, 1.807) is 18.2 Å². The Kier molecular flexibility index (Phi) is 3.83. The van der Waals surface area contributed by atoms with Crippen LogP contribution in [0.15, 0.2) is 28.7 Å². The molecule has 0 spiro atoms. The van der Waals surface area contributed by atoms with Gasteiger partial charge in [-0.25, -0.2) is 9.37 Å². The van der Waals surface area contributed by atoms with Gasteiger partial charge in [0.15, 0.2) is 0 Å². The Morgan fingerprint density at radius 3 is 2.70 bits per heavy atom. The van der Waals surface area contributed by atoms with Crippen LogP contribution in [0.3, 0.4) is 0 Å². The molecule has 0 bridgehead atoms. The van der Waals surface area contributed by atoms with E-state index >= 15 is 0 Å². The number of benzene rings is 1. The molecule has 1 aromatic carbocycles. The largest absolute Gasteiger partial charge is 0.441 e. The monoisotopic (exact) mass is 274 g/mol. The van der Waals surface area contributed by atoms with Crippen LogP contribution in [-0.2, 0) is 6.54 Å². The molecule has 0 amide bonds. The first-order chi connectivity index (χ1) is 9.74. The minimum atomic E-state index is -0.293. The smallest absolute Gasteiger partial charge is 0.229 e. The van der Waals surface area contributed by atoms with Gasteiger partial charge < -0.3 is 4.42 Å². The van der Waals surface area contributed by atoms with Crippen LogP contribution in [0.5, 0.6) is 0 Å². The number of rotatable bonds is 3. The summed E-state index contributed by atoms with van der Waals surface area (Å²) in [5.41, 5.74) is 1.35. The number of nitrogens with zero attached hydrogens (tertiary/aromatic N) is 2. The Balaban J connectivity index is 1.82. The first kappa shape index (κ1) is 13.3. The van der Waals surface area contributed by atoms with Gasteiger partial charge in [0.25, 0.3) is 0 Å². The molecular formula is C16H19FN2O. The molecule has 106 valence electrons. The van der Waals surface area contributed by atoms with Crippen LogP contribution >= 0.6 is 0 Å². The van der Waals surface area contributed by atoms with Crippen molar-refractivity contribution in [2.45, 2.75) is 32.7 Å². The normalized spacial score (nSPS) is 16.5. The summed E-state index contributed by atoms with van der Waals surface area (Å²) >= 11 is 0. The summed E-state index contributed by atoms with van der Waals surface area (Å²) in [7, 11) is 0. The highest BCUT2D eigenvalue weighted by Crippen LogP contribution is 2.25. The van der Waals surface area contributed by atoms with Crippen LogP contribution in [-0.4, -0.2) is 23.0 Å². The lowest BCUT2D eigenvalue weighted by Crippen LogP contribution is -2.29. The average Bonchev–Trinajstić information content (AvgIpc) is 2.81. The van der Waals surface area contributed by atoms with Crippen LogP contribution in [0.1, 0.15) is 30.7 Å². The molecule has 3 nitrogen and oxygen atoms in total. The van der Waals surface area contributed by atoms with Crippen molar-refractivity contribution in [3.8, 4) is 11.5 Å². The quantitative estimate of drug-likeness (QED) is 0.853. The van der Waals surface area contributed by atoms with Gasteiger partial charge in [0.2, 0.25) is 5.89 Å². The molecule has 20 heavy (non-hydrogen) atoms. The summed E-state index contributed by atoms with van der Waals surface area (Å²) in [4.78, 5) is 6.88. The van der Waals surface area contributed by atoms with E-state index < -0.39 is 0 Å². The van der Waals surface area contributed by atoms with Crippen molar-refractivity contribution in [1.82, 2.24) is 9.88 Å². The molecule has 4 heteroatoms. The van der Waals surface area contributed by atoms with Gasteiger partial charge in [-0.15, -0.1) is 0 Å². The topological polar surface area (TPSA) is 29.3 Å². The van der Waals surface area contributed by atoms with Crippen LogP contribution in [0.2, 0.25) is 0 Å². The lowest BCUT2D eigenvalue weighted by Gasteiger charge is -2.25. The Morgan fingerprint density at radius 2 is 1.95 bits per heavy atom. The maximum absolute atomic E-state index is 13.8. The number of likely N-dealkylation sites (tertiary alicyclic amines) is 1. The number of aromatic nitrogens is 1. The molecular weight excluding hydrogens is 255 g/mol. The van der Waals surface area contributed by atoms with Gasteiger partial charge in [-0.3, -0.25) is 4.90 Å². The minimum absolute atomic E-state index is 0.293. The fourth-order valence-corrected chi connectivity index (χ4v) is 2.65. The Hall–Kier alpha value is -1.68. The Bertz CT molecular complexity index is 588. The van der Waals surface area contributed by atoms with Gasteiger partial charge in [-0.2, -0.15) is 0 Å². The van der Waals surface area contributed by atoms with E-state index in [2.05, 4.69) is 9.88 Å². The van der Waals surface area contributed by atoms with Crippen molar-refractivity contribution in [2.24, 2.45) is 0 Å². The molecule has 1 aliphatic heterocycles. The summed E-state index contributed by atoms with van der Waals surface area (Å²) < 4.78 is 19.4. The Labute approximate surface area is 118 Å². The molecule has 0 radical (unpaired) electrons. The zero-order valence-corrected chi connectivity index (χ0v) is 11.7. The van der Waals surface area contributed by atoms with Gasteiger partial charge in [0, 0.05) is 6.54 Å². The number of hydrogen-bond acceptors (Lipinski definition) is 3. The number of oxazole rings is 1. The molecule has 0 aliphatic carbocycles. The van der Waals surface area contributed by atoms with Crippen molar-refractivity contribution >= 4 is 0 Å². The lowest BCUT2D eigenvalue weighted by atomic mass is 10.1. The predicted octanol–water partition coefficient (Wildman–Crippen LogP) is 3.78. The second-order valence-electron chi connectivity index (χ2n) is 5.34. The molecule has 2 heterocycles. The van der Waals surface area contributed by atoms with Crippen molar-refractivity contribution in [1.29, 1.82) is 0 Å². The van der Waals surface area contributed by atoms with Gasteiger partial charge >= 0.3 is 0 Å². The van der Waals surface area contributed by atoms with Gasteiger partial charge in [-0.1, -0.05) is 18.6 Å². The summed E-state index contributed by atoms with van der Waals surface area (Å²) in [6.45, 7) is 4.92. The maximum atomic E-state index is 13.8. The first-order valence-corrected chi connectivity index (χ1v) is 7.17. The SMILES string of the molecule is Cc1oc(-c2ccccc2F)nc1CN1CCCCC1. The summed E-state index contributed by atoms with van der Waals surface area (Å²) in [6.07, 6.45) is 3.81. The van der Waals surface area contributed by atoms with Crippen LogP contribution < -0.4 is 0 Å². The van der Waals surface area contributed by atoms with Gasteiger partial charge in [0.1, 0.15) is 11.6 Å². The molecule has 1 saturated heterocycles. The summed E-state index contributed by atoms with van der Waals surface area (Å²) in [5, 5.41) is 0. The third-order valence-corrected chi connectivity index (χ3v) is 3.82. The van der Waals surface area contributed by atoms with Crippen LogP contribution in [0.25, 0.3) is 11.5 Å². The number of piperidine rings is 1. The third kappa shape index (κ3) is 2.75. The van der Waals surface area contributed by atoms with Crippen molar-refractivity contribution < 1.29 is 8.81 Å². The molecule has 0 unspecified atom stereocenters.